The molecule has 5 rings (SSSR count). The van der Waals surface area contributed by atoms with E-state index >= 15 is 0 Å². The van der Waals surface area contributed by atoms with Crippen LogP contribution in [0.2, 0.25) is 0 Å². The molecule has 0 amide bonds. The predicted molar refractivity (Wildman–Crippen MR) is 124 cm³/mol. The Bertz CT molecular complexity index is 955. The van der Waals surface area contributed by atoms with E-state index in [0.29, 0.717) is 0 Å². The van der Waals surface area contributed by atoms with Crippen LogP contribution in [-0.4, -0.2) is 57.3 Å². The van der Waals surface area contributed by atoms with Gasteiger partial charge in [0.25, 0.3) is 0 Å². The number of hydrogen-bond acceptors (Lipinski definition) is 5. The fraction of sp³-hybridized carbons (Fsp3) is 0.417. The molecular formula is C24H29N3OS. The highest BCUT2D eigenvalue weighted by Crippen LogP contribution is 2.35. The van der Waals surface area contributed by atoms with Crippen molar-refractivity contribution in [2.45, 2.75) is 18.9 Å². The fourth-order valence-corrected chi connectivity index (χ4v) is 5.87. The van der Waals surface area contributed by atoms with Crippen molar-refractivity contribution in [2.24, 2.45) is 0 Å². The first-order valence-electron chi connectivity index (χ1n) is 10.7. The summed E-state index contributed by atoms with van der Waals surface area (Å²) in [6, 6.07) is 17.9. The lowest BCUT2D eigenvalue weighted by Crippen LogP contribution is -2.53. The van der Waals surface area contributed by atoms with E-state index < -0.39 is 0 Å². The summed E-state index contributed by atoms with van der Waals surface area (Å²) in [4.78, 5) is 7.79. The number of anilines is 2. The molecule has 4 nitrogen and oxygen atoms in total. The lowest BCUT2D eigenvalue weighted by Gasteiger charge is -2.44. The van der Waals surface area contributed by atoms with Crippen LogP contribution in [0.15, 0.2) is 53.9 Å². The van der Waals surface area contributed by atoms with Crippen molar-refractivity contribution in [3.8, 4) is 5.75 Å². The Kier molecular flexibility index (Phi) is 5.34. The zero-order chi connectivity index (χ0) is 19.6. The molecule has 2 aliphatic heterocycles. The van der Waals surface area contributed by atoms with E-state index in [0.717, 1.165) is 51.1 Å². The second-order valence-electron chi connectivity index (χ2n) is 8.03. The second kappa shape index (κ2) is 8.25. The van der Waals surface area contributed by atoms with E-state index in [-0.39, 0.29) is 0 Å². The number of ether oxygens (including phenoxy) is 1. The minimum atomic E-state index is 0.718. The molecule has 0 spiro atoms. The van der Waals surface area contributed by atoms with Gasteiger partial charge in [-0.05, 0) is 31.0 Å². The van der Waals surface area contributed by atoms with E-state index in [4.69, 9.17) is 4.74 Å². The molecule has 152 valence electrons. The number of fused-ring (bicyclic) bond motifs is 1. The van der Waals surface area contributed by atoms with Crippen molar-refractivity contribution in [2.75, 3.05) is 56.2 Å². The lowest BCUT2D eigenvalue weighted by molar-refractivity contribution is 0.160. The molecule has 0 radical (unpaired) electrons. The summed E-state index contributed by atoms with van der Waals surface area (Å²) in [6.07, 6.45) is 2.53. The van der Waals surface area contributed by atoms with Crippen LogP contribution in [0, 0.1) is 0 Å². The number of piperidine rings is 1. The van der Waals surface area contributed by atoms with Crippen molar-refractivity contribution in [3.05, 3.63) is 53.9 Å². The van der Waals surface area contributed by atoms with Crippen LogP contribution in [0.5, 0.6) is 5.75 Å². The molecule has 1 aromatic heterocycles. The standard InChI is InChI=1S/C24H29N3OS/c1-28-23-8-4-3-7-21(23)27-16-14-25(15-17-27)19-10-12-26(13-11-19)22-18-29-24-9-5-2-6-20(22)24/h2-9,18-19H,10-17H2,1H3. The molecule has 2 fully saturated rings. The van der Waals surface area contributed by atoms with Gasteiger partial charge in [0.05, 0.1) is 18.5 Å². The molecule has 29 heavy (non-hydrogen) atoms. The van der Waals surface area contributed by atoms with Gasteiger partial charge in [-0.3, -0.25) is 4.90 Å². The molecule has 0 unspecified atom stereocenters. The van der Waals surface area contributed by atoms with Crippen LogP contribution in [0.1, 0.15) is 12.8 Å². The first kappa shape index (κ1) is 18.8. The van der Waals surface area contributed by atoms with Crippen molar-refractivity contribution in [3.63, 3.8) is 0 Å². The topological polar surface area (TPSA) is 19.0 Å². The Balaban J connectivity index is 1.18. The maximum absolute atomic E-state index is 5.56. The Labute approximate surface area is 177 Å². The number of para-hydroxylation sites is 2. The molecular weight excluding hydrogens is 378 g/mol. The van der Waals surface area contributed by atoms with E-state index in [1.807, 2.05) is 17.4 Å². The fourth-order valence-electron chi connectivity index (χ4n) is 4.90. The number of rotatable bonds is 4. The number of hydrogen-bond donors (Lipinski definition) is 0. The van der Waals surface area contributed by atoms with Gasteiger partial charge < -0.3 is 14.5 Å². The summed E-state index contributed by atoms with van der Waals surface area (Å²) < 4.78 is 6.96. The quantitative estimate of drug-likeness (QED) is 0.624. The molecule has 5 heteroatoms. The molecule has 0 N–H and O–H groups in total. The summed E-state index contributed by atoms with van der Waals surface area (Å²) >= 11 is 1.87. The maximum atomic E-state index is 5.56. The van der Waals surface area contributed by atoms with Crippen LogP contribution in [-0.2, 0) is 0 Å². The van der Waals surface area contributed by atoms with E-state index in [2.05, 4.69) is 62.5 Å². The second-order valence-corrected chi connectivity index (χ2v) is 8.94. The van der Waals surface area contributed by atoms with Crippen LogP contribution in [0.25, 0.3) is 10.1 Å². The SMILES string of the molecule is COc1ccccc1N1CCN(C2CCN(c3csc4ccccc34)CC2)CC1. The van der Waals surface area contributed by atoms with Crippen molar-refractivity contribution >= 4 is 32.8 Å². The third kappa shape index (κ3) is 3.69. The summed E-state index contributed by atoms with van der Waals surface area (Å²) in [7, 11) is 1.76. The molecule has 0 atom stereocenters. The van der Waals surface area contributed by atoms with E-state index in [1.165, 1.54) is 34.3 Å². The Hall–Kier alpha value is -2.24. The van der Waals surface area contributed by atoms with Crippen LogP contribution in [0.3, 0.4) is 0 Å². The summed E-state index contributed by atoms with van der Waals surface area (Å²) in [6.45, 7) is 6.77. The predicted octanol–water partition coefficient (Wildman–Crippen LogP) is 4.70. The van der Waals surface area contributed by atoms with Crippen molar-refractivity contribution < 1.29 is 4.74 Å². The monoisotopic (exact) mass is 407 g/mol. The number of benzene rings is 2. The van der Waals surface area contributed by atoms with Crippen LogP contribution < -0.4 is 14.5 Å². The molecule has 0 saturated carbocycles. The van der Waals surface area contributed by atoms with Gasteiger partial charge in [-0.25, -0.2) is 0 Å². The molecule has 0 bridgehead atoms. The van der Waals surface area contributed by atoms with Gasteiger partial charge in [-0.15, -0.1) is 11.3 Å². The highest BCUT2D eigenvalue weighted by molar-refractivity contribution is 7.17. The average molecular weight is 408 g/mol. The summed E-state index contributed by atoms with van der Waals surface area (Å²) in [5.74, 6) is 0.984. The smallest absolute Gasteiger partial charge is 0.142 e. The molecule has 3 heterocycles. The lowest BCUT2D eigenvalue weighted by atomic mass is 10.0. The third-order valence-corrected chi connectivity index (χ3v) is 7.47. The first-order valence-corrected chi connectivity index (χ1v) is 11.5. The first-order chi connectivity index (χ1) is 14.3. The zero-order valence-corrected chi connectivity index (χ0v) is 17.9. The molecule has 2 saturated heterocycles. The largest absolute Gasteiger partial charge is 0.495 e. The highest BCUT2D eigenvalue weighted by Gasteiger charge is 2.28. The highest BCUT2D eigenvalue weighted by atomic mass is 32.1. The van der Waals surface area contributed by atoms with Gasteiger partial charge in [0, 0.05) is 60.8 Å². The molecule has 2 aliphatic rings. The molecule has 0 aliphatic carbocycles. The number of methoxy groups -OCH3 is 1. The third-order valence-electron chi connectivity index (χ3n) is 6.52. The van der Waals surface area contributed by atoms with Gasteiger partial charge in [-0.2, -0.15) is 0 Å². The Morgan fingerprint density at radius 1 is 0.793 bits per heavy atom. The van der Waals surface area contributed by atoms with E-state index in [9.17, 15) is 0 Å². The Morgan fingerprint density at radius 3 is 2.28 bits per heavy atom. The van der Waals surface area contributed by atoms with Crippen LogP contribution in [0.4, 0.5) is 11.4 Å². The van der Waals surface area contributed by atoms with Gasteiger partial charge in [0.15, 0.2) is 0 Å². The summed E-state index contributed by atoms with van der Waals surface area (Å²) in [5.41, 5.74) is 2.67. The van der Waals surface area contributed by atoms with E-state index in [1.54, 1.807) is 7.11 Å². The molecule has 3 aromatic rings. The minimum Gasteiger partial charge on any atom is -0.495 e. The molecule has 2 aromatic carbocycles. The van der Waals surface area contributed by atoms with Gasteiger partial charge in [-0.1, -0.05) is 30.3 Å². The van der Waals surface area contributed by atoms with Gasteiger partial charge >= 0.3 is 0 Å². The maximum Gasteiger partial charge on any atom is 0.142 e. The number of nitrogens with zero attached hydrogens (tertiary/aromatic N) is 3. The normalized spacial score (nSPS) is 19.1. The number of thiophene rings is 1. The van der Waals surface area contributed by atoms with Gasteiger partial charge in [0.2, 0.25) is 0 Å². The summed E-state index contributed by atoms with van der Waals surface area (Å²) in [5, 5.41) is 3.76. The Morgan fingerprint density at radius 2 is 1.48 bits per heavy atom. The van der Waals surface area contributed by atoms with Crippen molar-refractivity contribution in [1.29, 1.82) is 0 Å². The van der Waals surface area contributed by atoms with Gasteiger partial charge in [0.1, 0.15) is 5.75 Å². The number of piperazine rings is 1. The average Bonchev–Trinajstić information content (AvgIpc) is 3.23. The zero-order valence-electron chi connectivity index (χ0n) is 17.1. The van der Waals surface area contributed by atoms with Crippen LogP contribution >= 0.6 is 11.3 Å². The van der Waals surface area contributed by atoms with Crippen molar-refractivity contribution in [1.82, 2.24) is 4.90 Å². The minimum absolute atomic E-state index is 0.718.